The van der Waals surface area contributed by atoms with Crippen LogP contribution in [0.3, 0.4) is 0 Å². The molecule has 9 aromatic rings. The van der Waals surface area contributed by atoms with Gasteiger partial charge in [-0.1, -0.05) is 111 Å². The number of hydrogen-bond acceptors (Lipinski definition) is 0. The highest BCUT2D eigenvalue weighted by molar-refractivity contribution is 6.19. The van der Waals surface area contributed by atoms with Crippen molar-refractivity contribution in [2.75, 3.05) is 0 Å². The van der Waals surface area contributed by atoms with Crippen LogP contribution in [0.5, 0.6) is 0 Å². The van der Waals surface area contributed by atoms with Crippen molar-refractivity contribution in [3.8, 4) is 33.6 Å². The van der Waals surface area contributed by atoms with Gasteiger partial charge >= 0.3 is 0 Å². The molecule has 0 amide bonds. The van der Waals surface area contributed by atoms with Crippen molar-refractivity contribution in [3.63, 3.8) is 0 Å². The van der Waals surface area contributed by atoms with Crippen LogP contribution in [0.1, 0.15) is 25.0 Å². The maximum absolute atomic E-state index is 2.43. The van der Waals surface area contributed by atoms with Gasteiger partial charge in [0, 0.05) is 38.3 Å². The fraction of sp³-hybridized carbons (Fsp3) is 0.0667. The monoisotopic (exact) mass is 600 g/mol. The summed E-state index contributed by atoms with van der Waals surface area (Å²) in [6.45, 7) is 4.71. The van der Waals surface area contributed by atoms with Crippen molar-refractivity contribution in [3.05, 3.63) is 169 Å². The molecule has 0 N–H and O–H groups in total. The highest BCUT2D eigenvalue weighted by Crippen LogP contribution is 2.50. The van der Waals surface area contributed by atoms with Gasteiger partial charge in [-0.05, 0) is 94.0 Å². The van der Waals surface area contributed by atoms with E-state index in [9.17, 15) is 0 Å². The number of rotatable bonds is 3. The third-order valence-corrected chi connectivity index (χ3v) is 10.5. The largest absolute Gasteiger partial charge is 0.309 e. The molecular formula is C45H32N2. The summed E-state index contributed by atoms with van der Waals surface area (Å²) in [6, 6.07) is 58.1. The van der Waals surface area contributed by atoms with Gasteiger partial charge < -0.3 is 9.13 Å². The minimum absolute atomic E-state index is 0.0338. The van der Waals surface area contributed by atoms with Gasteiger partial charge in [-0.25, -0.2) is 0 Å². The van der Waals surface area contributed by atoms with Gasteiger partial charge in [-0.2, -0.15) is 0 Å². The van der Waals surface area contributed by atoms with Crippen molar-refractivity contribution in [2.24, 2.45) is 0 Å². The minimum atomic E-state index is -0.0338. The Bertz CT molecular complexity index is 2690. The molecule has 0 saturated carbocycles. The van der Waals surface area contributed by atoms with Crippen LogP contribution in [0, 0.1) is 0 Å². The molecule has 2 heterocycles. The van der Waals surface area contributed by atoms with Crippen molar-refractivity contribution in [1.29, 1.82) is 0 Å². The Kier molecular flexibility index (Phi) is 5.37. The summed E-state index contributed by atoms with van der Waals surface area (Å²) >= 11 is 0. The normalized spacial score (nSPS) is 13.5. The topological polar surface area (TPSA) is 9.86 Å². The summed E-state index contributed by atoms with van der Waals surface area (Å²) in [7, 11) is 0. The SMILES string of the molecule is CC1(C)c2ccccc2-c2ccc(-c3ccc4c(c3)c3cc5c6ccccc6n(-c6ccccc6)c5cc3n4-c3ccccc3)cc21. The highest BCUT2D eigenvalue weighted by atomic mass is 15.0. The molecule has 2 nitrogen and oxygen atoms in total. The van der Waals surface area contributed by atoms with Crippen LogP contribution in [0.4, 0.5) is 0 Å². The summed E-state index contributed by atoms with van der Waals surface area (Å²) in [5.41, 5.74) is 15.2. The Morgan fingerprint density at radius 2 is 0.894 bits per heavy atom. The van der Waals surface area contributed by atoms with Gasteiger partial charge in [-0.15, -0.1) is 0 Å². The fourth-order valence-corrected chi connectivity index (χ4v) is 8.26. The fourth-order valence-electron chi connectivity index (χ4n) is 8.26. The Morgan fingerprint density at radius 3 is 1.64 bits per heavy atom. The minimum Gasteiger partial charge on any atom is -0.309 e. The van der Waals surface area contributed by atoms with Gasteiger partial charge in [0.1, 0.15) is 0 Å². The van der Waals surface area contributed by atoms with Gasteiger partial charge in [0.25, 0.3) is 0 Å². The van der Waals surface area contributed by atoms with Crippen LogP contribution in [-0.2, 0) is 5.41 Å². The van der Waals surface area contributed by atoms with Crippen LogP contribution in [0.25, 0.3) is 77.2 Å². The maximum atomic E-state index is 2.43. The van der Waals surface area contributed by atoms with E-state index in [1.807, 2.05) is 0 Å². The molecule has 0 spiro atoms. The zero-order chi connectivity index (χ0) is 31.3. The standard InChI is InChI=1S/C45H32N2/c1-45(2)39-19-11-9-17-33(39)34-23-21-30(26-40(34)45)29-22-24-42-36(25-29)38-27-37-35-18-10-12-20-41(35)46(31-13-5-3-6-14-31)43(37)28-44(38)47(42)32-15-7-4-8-16-32/h3-28H,1-2H3. The van der Waals surface area contributed by atoms with Gasteiger partial charge in [-0.3, -0.25) is 0 Å². The lowest BCUT2D eigenvalue weighted by atomic mass is 9.81. The molecular weight excluding hydrogens is 569 g/mol. The number of para-hydroxylation sites is 3. The van der Waals surface area contributed by atoms with E-state index in [2.05, 4.69) is 181 Å². The summed E-state index contributed by atoms with van der Waals surface area (Å²) in [5.74, 6) is 0. The van der Waals surface area contributed by atoms with E-state index in [0.29, 0.717) is 0 Å². The Hall–Kier alpha value is -5.86. The van der Waals surface area contributed by atoms with Gasteiger partial charge in [0.2, 0.25) is 0 Å². The molecule has 0 bridgehead atoms. The zero-order valence-electron chi connectivity index (χ0n) is 26.4. The first-order chi connectivity index (χ1) is 23.1. The average molecular weight is 601 g/mol. The van der Waals surface area contributed by atoms with E-state index in [-0.39, 0.29) is 5.41 Å². The van der Waals surface area contributed by atoms with Crippen LogP contribution in [0.2, 0.25) is 0 Å². The number of aromatic nitrogens is 2. The molecule has 7 aromatic carbocycles. The molecule has 2 heteroatoms. The van der Waals surface area contributed by atoms with Gasteiger partial charge in [0.05, 0.1) is 22.1 Å². The summed E-state index contributed by atoms with van der Waals surface area (Å²) < 4.78 is 4.84. The van der Waals surface area contributed by atoms with E-state index in [4.69, 9.17) is 0 Å². The highest BCUT2D eigenvalue weighted by Gasteiger charge is 2.35. The Morgan fingerprint density at radius 1 is 0.362 bits per heavy atom. The van der Waals surface area contributed by atoms with Crippen molar-refractivity contribution < 1.29 is 0 Å². The molecule has 1 aliphatic rings. The van der Waals surface area contributed by atoms with Crippen LogP contribution in [-0.4, -0.2) is 9.13 Å². The summed E-state index contributed by atoms with van der Waals surface area (Å²) in [4.78, 5) is 0. The molecule has 0 fully saturated rings. The van der Waals surface area contributed by atoms with E-state index in [1.54, 1.807) is 0 Å². The van der Waals surface area contributed by atoms with Crippen molar-refractivity contribution >= 4 is 43.6 Å². The lowest BCUT2D eigenvalue weighted by Gasteiger charge is -2.22. The van der Waals surface area contributed by atoms with E-state index < -0.39 is 0 Å². The number of fused-ring (bicyclic) bond motifs is 9. The molecule has 222 valence electrons. The number of hydrogen-bond donors (Lipinski definition) is 0. The third kappa shape index (κ3) is 3.67. The first-order valence-corrected chi connectivity index (χ1v) is 16.4. The Balaban J connectivity index is 1.26. The predicted molar refractivity (Wildman–Crippen MR) is 198 cm³/mol. The molecule has 0 radical (unpaired) electrons. The lowest BCUT2D eigenvalue weighted by molar-refractivity contribution is 0.660. The molecule has 0 saturated heterocycles. The van der Waals surface area contributed by atoms with Gasteiger partial charge in [0.15, 0.2) is 0 Å². The molecule has 2 aromatic heterocycles. The average Bonchev–Trinajstić information content (AvgIpc) is 3.70. The molecule has 47 heavy (non-hydrogen) atoms. The zero-order valence-corrected chi connectivity index (χ0v) is 26.4. The first-order valence-electron chi connectivity index (χ1n) is 16.4. The Labute approximate surface area is 273 Å². The summed E-state index contributed by atoms with van der Waals surface area (Å²) in [6.07, 6.45) is 0. The maximum Gasteiger partial charge on any atom is 0.0562 e. The van der Waals surface area contributed by atoms with Crippen LogP contribution >= 0.6 is 0 Å². The number of benzene rings is 7. The molecule has 0 aliphatic heterocycles. The van der Waals surface area contributed by atoms with Crippen molar-refractivity contribution in [1.82, 2.24) is 9.13 Å². The molecule has 10 rings (SSSR count). The summed E-state index contributed by atoms with van der Waals surface area (Å²) in [5, 5.41) is 5.07. The third-order valence-electron chi connectivity index (χ3n) is 10.5. The molecule has 1 aliphatic carbocycles. The van der Waals surface area contributed by atoms with E-state index in [1.165, 1.54) is 88.4 Å². The number of nitrogens with zero attached hydrogens (tertiary/aromatic N) is 2. The quantitative estimate of drug-likeness (QED) is 0.191. The second-order valence-corrected chi connectivity index (χ2v) is 13.4. The van der Waals surface area contributed by atoms with E-state index >= 15 is 0 Å². The van der Waals surface area contributed by atoms with Crippen molar-refractivity contribution in [2.45, 2.75) is 19.3 Å². The predicted octanol–water partition coefficient (Wildman–Crippen LogP) is 11.9. The second kappa shape index (κ2) is 9.57. The van der Waals surface area contributed by atoms with Crippen LogP contribution < -0.4 is 0 Å². The van der Waals surface area contributed by atoms with E-state index in [0.717, 1.165) is 0 Å². The second-order valence-electron chi connectivity index (χ2n) is 13.4. The first kappa shape index (κ1) is 26.4. The van der Waals surface area contributed by atoms with Crippen LogP contribution in [0.15, 0.2) is 158 Å². The lowest BCUT2D eigenvalue weighted by Crippen LogP contribution is -2.14. The smallest absolute Gasteiger partial charge is 0.0562 e. The molecule has 0 unspecified atom stereocenters. The molecule has 0 atom stereocenters.